The number of nitrogens with one attached hydrogen (secondary N) is 1. The van der Waals surface area contributed by atoms with Crippen molar-refractivity contribution in [3.8, 4) is 0 Å². The normalized spacial score (nSPS) is 21.7. The van der Waals surface area contributed by atoms with Crippen molar-refractivity contribution in [3.63, 3.8) is 0 Å². The first-order valence-electron chi connectivity index (χ1n) is 7.73. The Morgan fingerprint density at radius 1 is 1.24 bits per heavy atom. The molecule has 1 aliphatic heterocycles. The van der Waals surface area contributed by atoms with Crippen molar-refractivity contribution in [1.29, 1.82) is 0 Å². The van der Waals surface area contributed by atoms with Crippen LogP contribution >= 0.6 is 0 Å². The zero-order chi connectivity index (χ0) is 14.9. The number of hydrogen-bond donors (Lipinski definition) is 1. The fourth-order valence-corrected chi connectivity index (χ4v) is 3.60. The zero-order valence-corrected chi connectivity index (χ0v) is 12.5. The van der Waals surface area contributed by atoms with Gasteiger partial charge in [-0.2, -0.15) is 5.10 Å². The SMILES string of the molecule is Cn1nccc1CCN1C(=O)NC(=O)C12CCCCCC2. The number of carbonyl (C=O) groups is 2. The van der Waals surface area contributed by atoms with Gasteiger partial charge < -0.3 is 4.90 Å². The Morgan fingerprint density at radius 2 is 1.95 bits per heavy atom. The molecule has 0 atom stereocenters. The minimum absolute atomic E-state index is 0.0978. The molecule has 21 heavy (non-hydrogen) atoms. The number of imide groups is 1. The lowest BCUT2D eigenvalue weighted by Crippen LogP contribution is -2.50. The first-order valence-corrected chi connectivity index (χ1v) is 7.73. The molecule has 1 saturated carbocycles. The van der Waals surface area contributed by atoms with E-state index in [-0.39, 0.29) is 11.9 Å². The highest BCUT2D eigenvalue weighted by Gasteiger charge is 2.51. The van der Waals surface area contributed by atoms with Crippen LogP contribution in [0.4, 0.5) is 4.79 Å². The van der Waals surface area contributed by atoms with E-state index in [0.717, 1.165) is 50.6 Å². The lowest BCUT2D eigenvalue weighted by molar-refractivity contribution is -0.127. The molecule has 6 nitrogen and oxygen atoms in total. The topological polar surface area (TPSA) is 67.2 Å². The van der Waals surface area contributed by atoms with Crippen molar-refractivity contribution in [2.45, 2.75) is 50.5 Å². The maximum Gasteiger partial charge on any atom is 0.325 e. The van der Waals surface area contributed by atoms with Crippen molar-refractivity contribution in [3.05, 3.63) is 18.0 Å². The number of urea groups is 1. The van der Waals surface area contributed by atoms with Gasteiger partial charge in [0.25, 0.3) is 5.91 Å². The van der Waals surface area contributed by atoms with Gasteiger partial charge in [0.05, 0.1) is 0 Å². The first kappa shape index (κ1) is 14.1. The Balaban J connectivity index is 1.78. The van der Waals surface area contributed by atoms with Crippen LogP contribution in [0, 0.1) is 0 Å². The fraction of sp³-hybridized carbons (Fsp3) is 0.667. The Hall–Kier alpha value is -1.85. The third-order valence-corrected chi connectivity index (χ3v) is 4.85. The summed E-state index contributed by atoms with van der Waals surface area (Å²) >= 11 is 0. The van der Waals surface area contributed by atoms with E-state index in [9.17, 15) is 9.59 Å². The number of aromatic nitrogens is 2. The van der Waals surface area contributed by atoms with Crippen molar-refractivity contribution in [2.75, 3.05) is 6.54 Å². The molecular weight excluding hydrogens is 268 g/mol. The highest BCUT2D eigenvalue weighted by molar-refractivity contribution is 6.07. The second-order valence-electron chi connectivity index (χ2n) is 6.05. The zero-order valence-electron chi connectivity index (χ0n) is 12.5. The van der Waals surface area contributed by atoms with Crippen LogP contribution in [-0.2, 0) is 18.3 Å². The summed E-state index contributed by atoms with van der Waals surface area (Å²) in [4.78, 5) is 26.3. The highest BCUT2D eigenvalue weighted by Crippen LogP contribution is 2.36. The monoisotopic (exact) mass is 290 g/mol. The van der Waals surface area contributed by atoms with Crippen LogP contribution in [0.2, 0.25) is 0 Å². The molecular formula is C15H22N4O2. The van der Waals surface area contributed by atoms with E-state index in [0.29, 0.717) is 6.54 Å². The second-order valence-corrected chi connectivity index (χ2v) is 6.05. The number of aryl methyl sites for hydroxylation is 1. The van der Waals surface area contributed by atoms with Crippen LogP contribution in [0.15, 0.2) is 12.3 Å². The highest BCUT2D eigenvalue weighted by atomic mass is 16.2. The number of rotatable bonds is 3. The maximum absolute atomic E-state index is 12.4. The van der Waals surface area contributed by atoms with E-state index in [1.165, 1.54) is 0 Å². The third-order valence-electron chi connectivity index (χ3n) is 4.85. The molecule has 3 rings (SSSR count). The average Bonchev–Trinajstić information content (AvgIpc) is 2.84. The van der Waals surface area contributed by atoms with Gasteiger partial charge in [-0.05, 0) is 18.9 Å². The number of carbonyl (C=O) groups excluding carboxylic acids is 2. The Bertz CT molecular complexity index is 544. The summed E-state index contributed by atoms with van der Waals surface area (Å²) in [6.07, 6.45) is 8.39. The molecule has 1 aromatic rings. The van der Waals surface area contributed by atoms with E-state index in [1.807, 2.05) is 17.8 Å². The van der Waals surface area contributed by atoms with Crippen LogP contribution in [0.1, 0.15) is 44.2 Å². The molecule has 0 unspecified atom stereocenters. The standard InChI is InChI=1S/C15H22N4O2/c1-18-12(6-10-16-18)7-11-19-14(21)17-13(20)15(19)8-4-2-3-5-9-15/h6,10H,2-5,7-9,11H2,1H3,(H,17,20,21). The molecule has 2 aliphatic rings. The summed E-state index contributed by atoms with van der Waals surface area (Å²) in [5.41, 5.74) is 0.470. The molecule has 114 valence electrons. The predicted molar refractivity (Wildman–Crippen MR) is 77.6 cm³/mol. The van der Waals surface area contributed by atoms with Crippen LogP contribution < -0.4 is 5.32 Å². The summed E-state index contributed by atoms with van der Waals surface area (Å²) < 4.78 is 1.82. The van der Waals surface area contributed by atoms with E-state index >= 15 is 0 Å². The summed E-state index contributed by atoms with van der Waals surface area (Å²) in [5.74, 6) is -0.0978. The van der Waals surface area contributed by atoms with Crippen LogP contribution in [-0.4, -0.2) is 38.7 Å². The molecule has 0 bridgehead atoms. The molecule has 3 amide bonds. The fourth-order valence-electron chi connectivity index (χ4n) is 3.60. The summed E-state index contributed by atoms with van der Waals surface area (Å²) in [7, 11) is 1.89. The average molecular weight is 290 g/mol. The molecule has 1 N–H and O–H groups in total. The van der Waals surface area contributed by atoms with Gasteiger partial charge in [0.15, 0.2) is 0 Å². The van der Waals surface area contributed by atoms with E-state index in [4.69, 9.17) is 0 Å². The molecule has 1 aliphatic carbocycles. The van der Waals surface area contributed by atoms with Gasteiger partial charge in [0.2, 0.25) is 0 Å². The van der Waals surface area contributed by atoms with Gasteiger partial charge in [0, 0.05) is 31.9 Å². The third kappa shape index (κ3) is 2.43. The van der Waals surface area contributed by atoms with Crippen molar-refractivity contribution in [2.24, 2.45) is 7.05 Å². The van der Waals surface area contributed by atoms with Gasteiger partial charge in [-0.3, -0.25) is 14.8 Å². The van der Waals surface area contributed by atoms with Gasteiger partial charge in [-0.25, -0.2) is 4.79 Å². The number of nitrogens with zero attached hydrogens (tertiary/aromatic N) is 3. The summed E-state index contributed by atoms with van der Waals surface area (Å²) in [6.45, 7) is 0.567. The lowest BCUT2D eigenvalue weighted by atomic mass is 9.88. The first-order chi connectivity index (χ1) is 10.1. The van der Waals surface area contributed by atoms with Gasteiger partial charge in [0.1, 0.15) is 5.54 Å². The predicted octanol–water partition coefficient (Wildman–Crippen LogP) is 1.61. The summed E-state index contributed by atoms with van der Waals surface area (Å²) in [6, 6.07) is 1.72. The number of amides is 3. The molecule has 1 saturated heterocycles. The summed E-state index contributed by atoms with van der Waals surface area (Å²) in [5, 5.41) is 6.67. The molecule has 1 spiro atoms. The molecule has 2 fully saturated rings. The molecule has 0 radical (unpaired) electrons. The molecule has 2 heterocycles. The smallest absolute Gasteiger partial charge is 0.309 e. The van der Waals surface area contributed by atoms with Gasteiger partial charge >= 0.3 is 6.03 Å². The van der Waals surface area contributed by atoms with E-state index < -0.39 is 5.54 Å². The minimum atomic E-state index is -0.605. The minimum Gasteiger partial charge on any atom is -0.309 e. The van der Waals surface area contributed by atoms with Gasteiger partial charge in [-0.15, -0.1) is 0 Å². The Kier molecular flexibility index (Phi) is 3.69. The Morgan fingerprint density at radius 3 is 2.57 bits per heavy atom. The molecule has 6 heteroatoms. The molecule has 0 aromatic carbocycles. The van der Waals surface area contributed by atoms with Crippen LogP contribution in [0.25, 0.3) is 0 Å². The van der Waals surface area contributed by atoms with Crippen molar-refractivity contribution >= 4 is 11.9 Å². The quantitative estimate of drug-likeness (QED) is 0.860. The Labute approximate surface area is 124 Å². The van der Waals surface area contributed by atoms with Crippen LogP contribution in [0.5, 0.6) is 0 Å². The van der Waals surface area contributed by atoms with Gasteiger partial charge in [-0.1, -0.05) is 25.7 Å². The lowest BCUT2D eigenvalue weighted by Gasteiger charge is -2.34. The van der Waals surface area contributed by atoms with Crippen molar-refractivity contribution < 1.29 is 9.59 Å². The second kappa shape index (κ2) is 5.50. The van der Waals surface area contributed by atoms with E-state index in [2.05, 4.69) is 10.4 Å². The molecule has 1 aromatic heterocycles. The van der Waals surface area contributed by atoms with Crippen molar-refractivity contribution in [1.82, 2.24) is 20.0 Å². The number of hydrogen-bond acceptors (Lipinski definition) is 3. The van der Waals surface area contributed by atoms with Crippen LogP contribution in [0.3, 0.4) is 0 Å². The maximum atomic E-state index is 12.4. The largest absolute Gasteiger partial charge is 0.325 e. The van der Waals surface area contributed by atoms with E-state index in [1.54, 1.807) is 11.1 Å².